The van der Waals surface area contributed by atoms with E-state index in [1.807, 2.05) is 13.0 Å². The van der Waals surface area contributed by atoms with Crippen LogP contribution in [-0.2, 0) is 11.3 Å². The Balaban J connectivity index is 1.19. The van der Waals surface area contributed by atoms with Gasteiger partial charge < -0.3 is 25.7 Å². The van der Waals surface area contributed by atoms with Gasteiger partial charge in [-0.3, -0.25) is 9.59 Å². The van der Waals surface area contributed by atoms with Gasteiger partial charge in [-0.05, 0) is 55.0 Å². The van der Waals surface area contributed by atoms with Gasteiger partial charge in [0.05, 0.1) is 41.1 Å². The fourth-order valence-electron chi connectivity index (χ4n) is 4.03. The fraction of sp³-hybridized carbons (Fsp3) is 0.143. The summed E-state index contributed by atoms with van der Waals surface area (Å²) in [5.41, 5.74) is 3.39. The minimum absolute atomic E-state index is 0.0245. The average Bonchev–Trinajstić information content (AvgIpc) is 3.55. The van der Waals surface area contributed by atoms with Crippen molar-refractivity contribution in [3.8, 4) is 5.75 Å². The maximum atomic E-state index is 13.5. The minimum Gasteiger partial charge on any atom is -0.491 e. The number of amides is 2. The zero-order valence-electron chi connectivity index (χ0n) is 20.8. The van der Waals surface area contributed by atoms with Crippen LogP contribution < -0.4 is 20.7 Å². The summed E-state index contributed by atoms with van der Waals surface area (Å²) in [6, 6.07) is 11.8. The molecule has 1 atom stereocenters. The molecule has 0 saturated carbocycles. The molecule has 0 bridgehead atoms. The molecule has 0 spiro atoms. The molecule has 1 aliphatic rings. The van der Waals surface area contributed by atoms with E-state index < -0.39 is 17.5 Å². The van der Waals surface area contributed by atoms with Crippen LogP contribution in [0, 0.1) is 11.6 Å². The van der Waals surface area contributed by atoms with Crippen LogP contribution in [0.1, 0.15) is 34.1 Å². The number of hydrogen-bond donors (Lipinski definition) is 4. The highest BCUT2D eigenvalue weighted by atomic mass is 19.2. The number of ether oxygens (including phenoxy) is 1. The Morgan fingerprint density at radius 3 is 2.82 bits per heavy atom. The Morgan fingerprint density at radius 1 is 1.15 bits per heavy atom. The summed E-state index contributed by atoms with van der Waals surface area (Å²) in [4.78, 5) is 36.4. The number of fused-ring (bicyclic) bond motifs is 1. The molecule has 5 rings (SSSR count). The number of aromatic nitrogens is 3. The van der Waals surface area contributed by atoms with E-state index in [9.17, 15) is 18.4 Å². The number of aromatic amines is 1. The molecule has 2 amide bonds. The standard InChI is InChI=1S/C28H24F2N6O3/c1-16(14-39-19-5-6-20-22(10-18-13-31-15-34-18)28(38)36-25(20)11-19)35-26-21(3-2-8-32-26)27(37)33-12-17-4-7-23(29)24(30)9-17/h2-11,13,15-16H,12,14H2,1H3,(H,31,34)(H,32,35)(H,33,37)(H,36,38). The van der Waals surface area contributed by atoms with Crippen LogP contribution in [-0.4, -0.2) is 39.4 Å². The van der Waals surface area contributed by atoms with E-state index in [2.05, 4.69) is 30.9 Å². The van der Waals surface area contributed by atoms with Crippen molar-refractivity contribution in [1.29, 1.82) is 0 Å². The lowest BCUT2D eigenvalue weighted by Gasteiger charge is -2.18. The summed E-state index contributed by atoms with van der Waals surface area (Å²) in [6.07, 6.45) is 6.47. The first kappa shape index (κ1) is 25.6. The van der Waals surface area contributed by atoms with Gasteiger partial charge in [0.1, 0.15) is 18.2 Å². The second-order valence-corrected chi connectivity index (χ2v) is 8.91. The molecule has 4 aromatic rings. The number of nitrogens with one attached hydrogen (secondary N) is 4. The van der Waals surface area contributed by atoms with Crippen LogP contribution in [0.4, 0.5) is 20.3 Å². The summed E-state index contributed by atoms with van der Waals surface area (Å²) in [6.45, 7) is 2.14. The molecule has 0 saturated heterocycles. The van der Waals surface area contributed by atoms with E-state index in [-0.39, 0.29) is 25.1 Å². The quantitative estimate of drug-likeness (QED) is 0.238. The number of hydrogen-bond acceptors (Lipinski definition) is 6. The molecular formula is C28H24F2N6O3. The molecule has 11 heteroatoms. The van der Waals surface area contributed by atoms with E-state index in [1.165, 1.54) is 6.07 Å². The van der Waals surface area contributed by atoms with Crippen LogP contribution in [0.25, 0.3) is 11.6 Å². The van der Waals surface area contributed by atoms with Crippen molar-refractivity contribution in [2.75, 3.05) is 17.2 Å². The molecule has 2 aromatic carbocycles. The lowest BCUT2D eigenvalue weighted by atomic mass is 10.1. The highest BCUT2D eigenvalue weighted by Gasteiger charge is 2.25. The summed E-state index contributed by atoms with van der Waals surface area (Å²) in [7, 11) is 0. The second-order valence-electron chi connectivity index (χ2n) is 8.91. The lowest BCUT2D eigenvalue weighted by Crippen LogP contribution is -2.28. The predicted octanol–water partition coefficient (Wildman–Crippen LogP) is 4.39. The first-order valence-electron chi connectivity index (χ1n) is 12.1. The normalized spacial score (nSPS) is 14.0. The van der Waals surface area contributed by atoms with Crippen molar-refractivity contribution >= 4 is 35.0 Å². The molecule has 198 valence electrons. The van der Waals surface area contributed by atoms with Gasteiger partial charge in [0.25, 0.3) is 11.8 Å². The van der Waals surface area contributed by atoms with E-state index in [1.54, 1.807) is 49.1 Å². The van der Waals surface area contributed by atoms with Gasteiger partial charge in [-0.25, -0.2) is 18.7 Å². The van der Waals surface area contributed by atoms with Crippen molar-refractivity contribution in [2.45, 2.75) is 19.5 Å². The van der Waals surface area contributed by atoms with E-state index in [0.29, 0.717) is 34.0 Å². The second kappa shape index (κ2) is 11.1. The number of carbonyl (C=O) groups is 2. The SMILES string of the molecule is CC(COc1ccc2c(c1)NC(=O)C2=Cc1cnc[nH]1)Nc1ncccc1C(=O)NCc1ccc(F)c(F)c1. The molecule has 0 aliphatic carbocycles. The molecule has 2 aromatic heterocycles. The van der Waals surface area contributed by atoms with E-state index in [0.717, 1.165) is 23.4 Å². The maximum Gasteiger partial charge on any atom is 0.256 e. The summed E-state index contributed by atoms with van der Waals surface area (Å²) >= 11 is 0. The largest absolute Gasteiger partial charge is 0.491 e. The van der Waals surface area contributed by atoms with Crippen LogP contribution in [0.15, 0.2) is 67.3 Å². The number of halogens is 2. The number of pyridine rings is 1. The van der Waals surface area contributed by atoms with E-state index in [4.69, 9.17) is 4.74 Å². The van der Waals surface area contributed by atoms with Gasteiger partial charge in [-0.15, -0.1) is 0 Å². The number of carbonyl (C=O) groups excluding carboxylic acids is 2. The summed E-state index contributed by atoms with van der Waals surface area (Å²) in [5.74, 6) is -1.64. The highest BCUT2D eigenvalue weighted by Crippen LogP contribution is 2.35. The number of nitrogens with zero attached hydrogens (tertiary/aromatic N) is 2. The Bertz CT molecular complexity index is 1550. The summed E-state index contributed by atoms with van der Waals surface area (Å²) < 4.78 is 32.5. The Kier molecular flexibility index (Phi) is 7.30. The molecule has 0 fully saturated rings. The lowest BCUT2D eigenvalue weighted by molar-refractivity contribution is -0.110. The first-order valence-corrected chi connectivity index (χ1v) is 12.1. The van der Waals surface area contributed by atoms with Gasteiger partial charge in [0.15, 0.2) is 11.6 Å². The van der Waals surface area contributed by atoms with Gasteiger partial charge in [-0.2, -0.15) is 0 Å². The minimum atomic E-state index is -0.976. The number of H-pyrrole nitrogens is 1. The molecule has 0 radical (unpaired) electrons. The van der Waals surface area contributed by atoms with Gasteiger partial charge in [0, 0.05) is 24.4 Å². The van der Waals surface area contributed by atoms with Crippen molar-refractivity contribution in [3.63, 3.8) is 0 Å². The topological polar surface area (TPSA) is 121 Å². The molecule has 3 heterocycles. The number of benzene rings is 2. The molecule has 4 N–H and O–H groups in total. The third-order valence-corrected chi connectivity index (χ3v) is 5.97. The fourth-order valence-corrected chi connectivity index (χ4v) is 4.03. The third-order valence-electron chi connectivity index (χ3n) is 5.97. The average molecular weight is 531 g/mol. The van der Waals surface area contributed by atoms with Crippen molar-refractivity contribution in [2.24, 2.45) is 0 Å². The number of anilines is 2. The Hall–Kier alpha value is -5.06. The Morgan fingerprint density at radius 2 is 2.03 bits per heavy atom. The van der Waals surface area contributed by atoms with E-state index >= 15 is 0 Å². The predicted molar refractivity (Wildman–Crippen MR) is 142 cm³/mol. The molecule has 1 unspecified atom stereocenters. The number of rotatable bonds is 9. The van der Waals surface area contributed by atoms with Crippen molar-refractivity contribution in [1.82, 2.24) is 20.3 Å². The first-order chi connectivity index (χ1) is 18.9. The van der Waals surface area contributed by atoms with Crippen LogP contribution in [0.5, 0.6) is 5.75 Å². The van der Waals surface area contributed by atoms with Gasteiger partial charge in [0.2, 0.25) is 0 Å². The zero-order chi connectivity index (χ0) is 27.4. The van der Waals surface area contributed by atoms with Crippen molar-refractivity contribution in [3.05, 3.63) is 101 Å². The van der Waals surface area contributed by atoms with Crippen LogP contribution >= 0.6 is 0 Å². The maximum absolute atomic E-state index is 13.5. The highest BCUT2D eigenvalue weighted by molar-refractivity contribution is 6.34. The molecule has 1 aliphatic heterocycles. The monoisotopic (exact) mass is 530 g/mol. The van der Waals surface area contributed by atoms with Crippen molar-refractivity contribution < 1.29 is 23.1 Å². The number of imidazole rings is 1. The van der Waals surface area contributed by atoms with Gasteiger partial charge in [-0.1, -0.05) is 6.07 Å². The molecule has 9 nitrogen and oxygen atoms in total. The van der Waals surface area contributed by atoms with Gasteiger partial charge >= 0.3 is 0 Å². The Labute approximate surface area is 222 Å². The zero-order valence-corrected chi connectivity index (χ0v) is 20.8. The molecular weight excluding hydrogens is 506 g/mol. The molecule has 39 heavy (non-hydrogen) atoms. The smallest absolute Gasteiger partial charge is 0.256 e. The third kappa shape index (κ3) is 5.93. The van der Waals surface area contributed by atoms with Crippen LogP contribution in [0.3, 0.4) is 0 Å². The summed E-state index contributed by atoms with van der Waals surface area (Å²) in [5, 5.41) is 8.71. The van der Waals surface area contributed by atoms with Crippen LogP contribution in [0.2, 0.25) is 0 Å².